The van der Waals surface area contributed by atoms with Crippen molar-refractivity contribution in [3.63, 3.8) is 0 Å². The summed E-state index contributed by atoms with van der Waals surface area (Å²) in [4.78, 5) is 28.5. The Morgan fingerprint density at radius 1 is 1.08 bits per heavy atom. The Bertz CT molecular complexity index is 1160. The first-order chi connectivity index (χ1) is 12.6. The van der Waals surface area contributed by atoms with E-state index in [0.29, 0.717) is 12.2 Å². The van der Waals surface area contributed by atoms with E-state index in [2.05, 4.69) is 10.3 Å². The van der Waals surface area contributed by atoms with Crippen molar-refractivity contribution in [1.29, 1.82) is 0 Å². The summed E-state index contributed by atoms with van der Waals surface area (Å²) in [5.41, 5.74) is 2.94. The van der Waals surface area contributed by atoms with E-state index < -0.39 is 0 Å². The van der Waals surface area contributed by atoms with Gasteiger partial charge in [-0.25, -0.2) is 4.52 Å². The van der Waals surface area contributed by atoms with E-state index in [1.54, 1.807) is 0 Å². The van der Waals surface area contributed by atoms with Crippen LogP contribution in [0.5, 0.6) is 0 Å². The van der Waals surface area contributed by atoms with Gasteiger partial charge in [0.2, 0.25) is 5.91 Å². The first-order valence-electron chi connectivity index (χ1n) is 8.42. The highest BCUT2D eigenvalue weighted by Crippen LogP contribution is 2.21. The van der Waals surface area contributed by atoms with Gasteiger partial charge in [-0.15, -0.1) is 0 Å². The molecular formula is C20H18N4O2. The van der Waals surface area contributed by atoms with Crippen LogP contribution in [0.15, 0.2) is 65.5 Å². The second kappa shape index (κ2) is 6.48. The molecule has 1 N–H and O–H groups in total. The van der Waals surface area contributed by atoms with Gasteiger partial charge in [-0.05, 0) is 24.6 Å². The molecule has 0 aliphatic carbocycles. The van der Waals surface area contributed by atoms with E-state index in [-0.39, 0.29) is 18.0 Å². The Hall–Kier alpha value is -3.41. The maximum absolute atomic E-state index is 12.5. The van der Waals surface area contributed by atoms with Crippen LogP contribution in [-0.4, -0.2) is 20.1 Å². The van der Waals surface area contributed by atoms with Crippen LogP contribution in [0, 0.1) is 6.92 Å². The van der Waals surface area contributed by atoms with Gasteiger partial charge in [-0.3, -0.25) is 14.3 Å². The third-order valence-electron chi connectivity index (χ3n) is 4.37. The molecule has 4 rings (SSSR count). The van der Waals surface area contributed by atoms with Crippen LogP contribution in [0.1, 0.15) is 11.3 Å². The number of nitrogens with zero attached hydrogens (tertiary/aromatic N) is 3. The molecule has 0 spiro atoms. The first kappa shape index (κ1) is 16.1. The summed E-state index contributed by atoms with van der Waals surface area (Å²) in [6, 6.07) is 18.9. The molecule has 26 heavy (non-hydrogen) atoms. The number of para-hydroxylation sites is 1. The number of amides is 1. The summed E-state index contributed by atoms with van der Waals surface area (Å²) in [7, 11) is 0. The van der Waals surface area contributed by atoms with Gasteiger partial charge in [-0.1, -0.05) is 42.5 Å². The molecule has 0 unspecified atom stereocenters. The molecule has 0 saturated carbocycles. The van der Waals surface area contributed by atoms with Crippen molar-refractivity contribution in [1.82, 2.24) is 19.5 Å². The van der Waals surface area contributed by atoms with E-state index in [1.807, 2.05) is 70.7 Å². The lowest BCUT2D eigenvalue weighted by Gasteiger charge is -2.11. The fraction of sp³-hybridized carbons (Fsp3) is 0.150. The standard InChI is InChI=1S/C20H18N4O2/c1-14-11-18(25)22-20-16-9-5-6-10-17(16)23(24(14)20)13-19(26)21-12-15-7-3-2-4-8-15/h2-11H,12-13H2,1H3,(H,21,26). The highest BCUT2D eigenvalue weighted by Gasteiger charge is 2.15. The predicted molar refractivity (Wildman–Crippen MR) is 100.0 cm³/mol. The normalized spacial score (nSPS) is 11.1. The van der Waals surface area contributed by atoms with Gasteiger partial charge in [0.25, 0.3) is 5.56 Å². The summed E-state index contributed by atoms with van der Waals surface area (Å²) >= 11 is 0. The molecule has 0 fully saturated rings. The van der Waals surface area contributed by atoms with E-state index in [0.717, 1.165) is 22.2 Å². The average Bonchev–Trinajstić information content (AvgIpc) is 2.95. The number of carbonyl (C=O) groups excluding carboxylic acids is 1. The minimum Gasteiger partial charge on any atom is -0.350 e. The van der Waals surface area contributed by atoms with Gasteiger partial charge in [0.05, 0.1) is 5.52 Å². The van der Waals surface area contributed by atoms with Crippen molar-refractivity contribution in [3.8, 4) is 0 Å². The van der Waals surface area contributed by atoms with E-state index in [4.69, 9.17) is 0 Å². The number of aryl methyl sites for hydroxylation is 1. The number of nitrogens with one attached hydrogen (secondary N) is 1. The smallest absolute Gasteiger partial charge is 0.273 e. The van der Waals surface area contributed by atoms with Crippen LogP contribution < -0.4 is 10.9 Å². The molecule has 0 aliphatic heterocycles. The second-order valence-corrected chi connectivity index (χ2v) is 6.21. The van der Waals surface area contributed by atoms with Crippen LogP contribution in [0.4, 0.5) is 0 Å². The van der Waals surface area contributed by atoms with Crippen molar-refractivity contribution in [2.75, 3.05) is 0 Å². The van der Waals surface area contributed by atoms with Crippen LogP contribution in [0.25, 0.3) is 16.6 Å². The highest BCUT2D eigenvalue weighted by molar-refractivity contribution is 5.93. The van der Waals surface area contributed by atoms with Crippen molar-refractivity contribution in [2.45, 2.75) is 20.0 Å². The number of fused-ring (bicyclic) bond motifs is 3. The zero-order valence-electron chi connectivity index (χ0n) is 14.3. The molecule has 4 aromatic rings. The molecule has 6 nitrogen and oxygen atoms in total. The van der Waals surface area contributed by atoms with E-state index in [9.17, 15) is 9.59 Å². The first-order valence-corrected chi connectivity index (χ1v) is 8.42. The molecule has 0 saturated heterocycles. The van der Waals surface area contributed by atoms with Crippen LogP contribution >= 0.6 is 0 Å². The number of rotatable bonds is 4. The predicted octanol–water partition coefficient (Wildman–Crippen LogP) is 2.27. The molecule has 6 heteroatoms. The Balaban J connectivity index is 1.71. The lowest BCUT2D eigenvalue weighted by molar-refractivity contribution is -0.122. The number of hydrogen-bond acceptors (Lipinski definition) is 3. The second-order valence-electron chi connectivity index (χ2n) is 6.21. The van der Waals surface area contributed by atoms with Crippen molar-refractivity contribution < 1.29 is 4.79 Å². The Morgan fingerprint density at radius 2 is 1.81 bits per heavy atom. The molecular weight excluding hydrogens is 328 g/mol. The Labute approximate surface area is 149 Å². The Kier molecular flexibility index (Phi) is 4.01. The lowest BCUT2D eigenvalue weighted by Crippen LogP contribution is -2.29. The van der Waals surface area contributed by atoms with Crippen LogP contribution in [0.3, 0.4) is 0 Å². The molecule has 1 amide bonds. The number of carbonyl (C=O) groups is 1. The summed E-state index contributed by atoms with van der Waals surface area (Å²) in [5, 5.41) is 3.79. The van der Waals surface area contributed by atoms with Crippen LogP contribution in [0.2, 0.25) is 0 Å². The number of benzene rings is 2. The zero-order chi connectivity index (χ0) is 18.1. The number of aromatic nitrogens is 3. The average molecular weight is 346 g/mol. The molecule has 0 atom stereocenters. The van der Waals surface area contributed by atoms with Gasteiger partial charge in [0.1, 0.15) is 6.54 Å². The fourth-order valence-electron chi connectivity index (χ4n) is 3.21. The third kappa shape index (κ3) is 2.86. The van der Waals surface area contributed by atoms with Gasteiger partial charge < -0.3 is 5.32 Å². The maximum Gasteiger partial charge on any atom is 0.273 e. The third-order valence-corrected chi connectivity index (χ3v) is 4.37. The summed E-state index contributed by atoms with van der Waals surface area (Å²) in [6.07, 6.45) is 0. The van der Waals surface area contributed by atoms with Crippen LogP contribution in [-0.2, 0) is 17.9 Å². The van der Waals surface area contributed by atoms with Crippen molar-refractivity contribution in [3.05, 3.63) is 82.3 Å². The van der Waals surface area contributed by atoms with Gasteiger partial charge >= 0.3 is 0 Å². The van der Waals surface area contributed by atoms with Gasteiger partial charge in [0.15, 0.2) is 5.65 Å². The van der Waals surface area contributed by atoms with Crippen molar-refractivity contribution >= 4 is 22.5 Å². The van der Waals surface area contributed by atoms with Gasteiger partial charge in [-0.2, -0.15) is 4.98 Å². The monoisotopic (exact) mass is 346 g/mol. The molecule has 0 radical (unpaired) electrons. The molecule has 0 bridgehead atoms. The summed E-state index contributed by atoms with van der Waals surface area (Å²) in [5.74, 6) is -0.102. The lowest BCUT2D eigenvalue weighted by atomic mass is 10.2. The summed E-state index contributed by atoms with van der Waals surface area (Å²) < 4.78 is 3.68. The molecule has 2 aromatic carbocycles. The van der Waals surface area contributed by atoms with Crippen molar-refractivity contribution in [2.24, 2.45) is 0 Å². The maximum atomic E-state index is 12.5. The topological polar surface area (TPSA) is 68.4 Å². The Morgan fingerprint density at radius 3 is 2.62 bits per heavy atom. The summed E-state index contributed by atoms with van der Waals surface area (Å²) in [6.45, 7) is 2.46. The highest BCUT2D eigenvalue weighted by atomic mass is 16.2. The minimum atomic E-state index is -0.279. The number of hydrogen-bond donors (Lipinski definition) is 1. The quantitative estimate of drug-likeness (QED) is 0.616. The zero-order valence-corrected chi connectivity index (χ0v) is 14.3. The van der Waals surface area contributed by atoms with Gasteiger partial charge in [0, 0.05) is 23.7 Å². The molecule has 2 heterocycles. The SMILES string of the molecule is Cc1cc(=O)nc2c3ccccc3n(CC(=O)NCc3ccccc3)n12. The fourth-order valence-corrected chi connectivity index (χ4v) is 3.21. The molecule has 0 aliphatic rings. The van der Waals surface area contributed by atoms with E-state index >= 15 is 0 Å². The molecule has 130 valence electrons. The minimum absolute atomic E-state index is 0.102. The molecule has 2 aromatic heterocycles. The largest absolute Gasteiger partial charge is 0.350 e. The van der Waals surface area contributed by atoms with E-state index in [1.165, 1.54) is 6.07 Å².